The van der Waals surface area contributed by atoms with E-state index in [0.717, 1.165) is 5.56 Å². The van der Waals surface area contributed by atoms with Crippen LogP contribution < -0.4 is 5.73 Å². The normalized spacial score (nSPS) is 12.9. The first-order valence-corrected chi connectivity index (χ1v) is 7.54. The molecule has 92 valence electrons. The smallest absolute Gasteiger partial charge is 0.288 e. The zero-order valence-electron chi connectivity index (χ0n) is 9.33. The van der Waals surface area contributed by atoms with Crippen LogP contribution in [0.1, 0.15) is 5.56 Å². The number of nitrogens with two attached hydrogens (primary N) is 1. The van der Waals surface area contributed by atoms with E-state index in [4.69, 9.17) is 10.2 Å². The SMILES string of the molecule is Nc1ccc2nc(S(=O)Cc3ccsc3)oc2c1. The van der Waals surface area contributed by atoms with Crippen LogP contribution in [-0.4, -0.2) is 9.19 Å². The summed E-state index contributed by atoms with van der Waals surface area (Å²) in [5, 5.41) is 4.18. The summed E-state index contributed by atoms with van der Waals surface area (Å²) in [5.74, 6) is 0.422. The lowest BCUT2D eigenvalue weighted by Gasteiger charge is -1.93. The van der Waals surface area contributed by atoms with Gasteiger partial charge in [0.2, 0.25) is 0 Å². The van der Waals surface area contributed by atoms with Gasteiger partial charge in [0, 0.05) is 11.8 Å². The van der Waals surface area contributed by atoms with Crippen molar-refractivity contribution in [2.75, 3.05) is 5.73 Å². The fraction of sp³-hybridized carbons (Fsp3) is 0.0833. The number of fused-ring (bicyclic) bond motifs is 1. The van der Waals surface area contributed by atoms with Crippen LogP contribution in [0.2, 0.25) is 0 Å². The van der Waals surface area contributed by atoms with Crippen LogP contribution in [0.5, 0.6) is 0 Å². The third-order valence-electron chi connectivity index (χ3n) is 2.47. The molecule has 0 saturated heterocycles. The van der Waals surface area contributed by atoms with Gasteiger partial charge in [-0.25, -0.2) is 9.19 Å². The quantitative estimate of drug-likeness (QED) is 0.748. The standard InChI is InChI=1S/C12H10N2O2S2/c13-9-1-2-10-11(5-9)16-12(14-10)18(15)7-8-3-4-17-6-8/h1-6H,7,13H2. The maximum absolute atomic E-state index is 12.1. The number of oxazole rings is 1. The molecule has 0 aliphatic rings. The molecule has 3 rings (SSSR count). The van der Waals surface area contributed by atoms with Gasteiger partial charge in [-0.3, -0.25) is 0 Å². The lowest BCUT2D eigenvalue weighted by atomic mass is 10.3. The minimum Gasteiger partial charge on any atom is -0.430 e. The molecule has 2 N–H and O–H groups in total. The molecule has 2 heterocycles. The summed E-state index contributed by atoms with van der Waals surface area (Å²) in [5.41, 5.74) is 8.54. The van der Waals surface area contributed by atoms with Crippen molar-refractivity contribution in [1.29, 1.82) is 0 Å². The lowest BCUT2D eigenvalue weighted by molar-refractivity contribution is 0.477. The van der Waals surface area contributed by atoms with Crippen molar-refractivity contribution in [3.63, 3.8) is 0 Å². The van der Waals surface area contributed by atoms with E-state index in [1.807, 2.05) is 16.8 Å². The van der Waals surface area contributed by atoms with Crippen molar-refractivity contribution in [2.45, 2.75) is 11.0 Å². The molecule has 3 aromatic rings. The number of anilines is 1. The molecule has 0 aliphatic carbocycles. The molecule has 0 fully saturated rings. The predicted octanol–water partition coefficient (Wildman–Crippen LogP) is 2.78. The summed E-state index contributed by atoms with van der Waals surface area (Å²) in [6, 6.07) is 7.15. The van der Waals surface area contributed by atoms with E-state index in [9.17, 15) is 4.21 Å². The molecule has 0 amide bonds. The third-order valence-corrected chi connectivity index (χ3v) is 4.36. The minimum absolute atomic E-state index is 0.252. The molecule has 0 bridgehead atoms. The van der Waals surface area contributed by atoms with Crippen LogP contribution in [0, 0.1) is 0 Å². The first-order chi connectivity index (χ1) is 8.72. The number of nitrogens with zero attached hydrogens (tertiary/aromatic N) is 1. The van der Waals surface area contributed by atoms with Gasteiger partial charge >= 0.3 is 0 Å². The van der Waals surface area contributed by atoms with Crippen LogP contribution in [0.25, 0.3) is 11.1 Å². The van der Waals surface area contributed by atoms with Crippen LogP contribution >= 0.6 is 11.3 Å². The number of hydrogen-bond acceptors (Lipinski definition) is 5. The Hall–Kier alpha value is -1.66. The summed E-state index contributed by atoms with van der Waals surface area (Å²) in [6.07, 6.45) is 0. The summed E-state index contributed by atoms with van der Waals surface area (Å²) in [7, 11) is -1.26. The van der Waals surface area contributed by atoms with Gasteiger partial charge in [0.1, 0.15) is 16.3 Å². The molecule has 0 radical (unpaired) electrons. The van der Waals surface area contributed by atoms with Crippen LogP contribution in [0.3, 0.4) is 0 Å². The summed E-state index contributed by atoms with van der Waals surface area (Å²) < 4.78 is 17.6. The van der Waals surface area contributed by atoms with E-state index in [-0.39, 0.29) is 5.22 Å². The maximum Gasteiger partial charge on any atom is 0.288 e. The molecular formula is C12H10N2O2S2. The van der Waals surface area contributed by atoms with Gasteiger partial charge in [-0.2, -0.15) is 11.3 Å². The van der Waals surface area contributed by atoms with Crippen LogP contribution in [0.4, 0.5) is 5.69 Å². The molecular weight excluding hydrogens is 268 g/mol. The zero-order chi connectivity index (χ0) is 12.5. The van der Waals surface area contributed by atoms with E-state index < -0.39 is 10.8 Å². The largest absolute Gasteiger partial charge is 0.430 e. The average molecular weight is 278 g/mol. The molecule has 0 aliphatic heterocycles. The van der Waals surface area contributed by atoms with Gasteiger partial charge < -0.3 is 10.2 Å². The van der Waals surface area contributed by atoms with Crippen LogP contribution in [-0.2, 0) is 16.6 Å². The Bertz CT molecular complexity index is 704. The van der Waals surface area contributed by atoms with Crippen molar-refractivity contribution in [3.8, 4) is 0 Å². The van der Waals surface area contributed by atoms with Gasteiger partial charge in [-0.1, -0.05) is 0 Å². The molecule has 0 spiro atoms. The van der Waals surface area contributed by atoms with E-state index in [1.54, 1.807) is 29.5 Å². The van der Waals surface area contributed by atoms with E-state index in [1.165, 1.54) is 0 Å². The number of nitrogen functional groups attached to an aromatic ring is 1. The van der Waals surface area contributed by atoms with Crippen molar-refractivity contribution in [2.24, 2.45) is 0 Å². The summed E-state index contributed by atoms with van der Waals surface area (Å²) in [4.78, 5) is 4.22. The third kappa shape index (κ3) is 2.16. The molecule has 6 heteroatoms. The zero-order valence-corrected chi connectivity index (χ0v) is 11.0. The number of benzene rings is 1. The summed E-state index contributed by atoms with van der Waals surface area (Å²) in [6.45, 7) is 0. The lowest BCUT2D eigenvalue weighted by Crippen LogP contribution is -1.95. The van der Waals surface area contributed by atoms with E-state index >= 15 is 0 Å². The molecule has 18 heavy (non-hydrogen) atoms. The van der Waals surface area contributed by atoms with Gasteiger partial charge in [0.15, 0.2) is 5.58 Å². The Kier molecular flexibility index (Phi) is 2.89. The highest BCUT2D eigenvalue weighted by atomic mass is 32.2. The number of hydrogen-bond donors (Lipinski definition) is 1. The Morgan fingerprint density at radius 2 is 2.28 bits per heavy atom. The number of aromatic nitrogens is 1. The average Bonchev–Trinajstić information content (AvgIpc) is 2.96. The second-order valence-corrected chi connectivity index (χ2v) is 5.94. The first-order valence-electron chi connectivity index (χ1n) is 5.28. The second kappa shape index (κ2) is 4.55. The van der Waals surface area contributed by atoms with Gasteiger partial charge in [0.05, 0.1) is 5.75 Å². The Balaban J connectivity index is 1.92. The number of thiophene rings is 1. The second-order valence-electron chi connectivity index (χ2n) is 3.83. The Labute approximate surface area is 110 Å². The highest BCUT2D eigenvalue weighted by molar-refractivity contribution is 7.84. The topological polar surface area (TPSA) is 69.1 Å². The monoisotopic (exact) mass is 278 g/mol. The van der Waals surface area contributed by atoms with Gasteiger partial charge in [-0.15, -0.1) is 0 Å². The Morgan fingerprint density at radius 1 is 1.39 bits per heavy atom. The van der Waals surface area contributed by atoms with Crippen molar-refractivity contribution < 1.29 is 8.63 Å². The van der Waals surface area contributed by atoms with Gasteiger partial charge in [0.25, 0.3) is 5.22 Å². The fourth-order valence-electron chi connectivity index (χ4n) is 1.61. The molecule has 1 unspecified atom stereocenters. The fourth-order valence-corrected chi connectivity index (χ4v) is 3.37. The Morgan fingerprint density at radius 3 is 3.06 bits per heavy atom. The van der Waals surface area contributed by atoms with Gasteiger partial charge in [-0.05, 0) is 34.5 Å². The highest BCUT2D eigenvalue weighted by Gasteiger charge is 2.13. The molecule has 4 nitrogen and oxygen atoms in total. The summed E-state index contributed by atoms with van der Waals surface area (Å²) >= 11 is 1.58. The van der Waals surface area contributed by atoms with Crippen molar-refractivity contribution >= 4 is 38.9 Å². The molecule has 0 saturated carbocycles. The van der Waals surface area contributed by atoms with E-state index in [2.05, 4.69) is 4.98 Å². The minimum atomic E-state index is -1.26. The highest BCUT2D eigenvalue weighted by Crippen LogP contribution is 2.21. The predicted molar refractivity (Wildman–Crippen MR) is 72.9 cm³/mol. The first kappa shape index (κ1) is 11.4. The van der Waals surface area contributed by atoms with E-state index in [0.29, 0.717) is 22.5 Å². The van der Waals surface area contributed by atoms with Crippen molar-refractivity contribution in [3.05, 3.63) is 40.6 Å². The number of rotatable bonds is 3. The maximum atomic E-state index is 12.1. The van der Waals surface area contributed by atoms with Crippen molar-refractivity contribution in [1.82, 2.24) is 4.98 Å². The molecule has 1 atom stereocenters. The van der Waals surface area contributed by atoms with Crippen LogP contribution in [0.15, 0.2) is 44.7 Å². The molecule has 2 aromatic heterocycles. The molecule has 1 aromatic carbocycles.